The van der Waals surface area contributed by atoms with E-state index in [-0.39, 0.29) is 22.6 Å². The van der Waals surface area contributed by atoms with E-state index in [2.05, 4.69) is 0 Å². The van der Waals surface area contributed by atoms with E-state index in [1.165, 1.54) is 45.1 Å². The minimum atomic E-state index is 0. The predicted octanol–water partition coefficient (Wildman–Crippen LogP) is -1.73. The summed E-state index contributed by atoms with van der Waals surface area (Å²) in [7, 11) is 0. The summed E-state index contributed by atoms with van der Waals surface area (Å²) in [5, 5.41) is 0. The Morgan fingerprint density at radius 2 is 1.71 bits per heavy atom. The summed E-state index contributed by atoms with van der Waals surface area (Å²) in [5.41, 5.74) is 0.00157. The van der Waals surface area contributed by atoms with E-state index >= 15 is 0 Å². The highest BCUT2D eigenvalue weighted by molar-refractivity contribution is 4.78. The highest BCUT2D eigenvalue weighted by atomic mass is 79.9. The van der Waals surface area contributed by atoms with Crippen LogP contribution in [0.4, 0.5) is 0 Å². The van der Waals surface area contributed by atoms with Gasteiger partial charge in [0.1, 0.15) is 6.54 Å². The molecule has 1 spiro atoms. The van der Waals surface area contributed by atoms with Crippen molar-refractivity contribution < 1.29 is 26.6 Å². The fourth-order valence-electron chi connectivity index (χ4n) is 4.22. The quantitative estimate of drug-likeness (QED) is 0.529. The van der Waals surface area contributed by atoms with Crippen molar-refractivity contribution in [2.75, 3.05) is 13.1 Å². The van der Waals surface area contributed by atoms with Crippen LogP contribution in [0.5, 0.6) is 0 Å². The second-order valence-corrected chi connectivity index (χ2v) is 5.98. The molecular formula is C13H24BrN2O+. The minimum absolute atomic E-state index is 0. The third-order valence-electron chi connectivity index (χ3n) is 5.09. The Labute approximate surface area is 114 Å². The Morgan fingerprint density at radius 1 is 1.00 bits per heavy atom. The van der Waals surface area contributed by atoms with Gasteiger partial charge in [-0.05, 0) is 32.1 Å². The van der Waals surface area contributed by atoms with Crippen LogP contribution >= 0.6 is 0 Å². The molecule has 98 valence electrons. The summed E-state index contributed by atoms with van der Waals surface area (Å²) < 4.78 is 1.55. The Hall–Kier alpha value is 0.0400. The van der Waals surface area contributed by atoms with Gasteiger partial charge in [-0.2, -0.15) is 0 Å². The number of quaternary nitrogens is 1. The number of hydrogen-bond acceptors (Lipinski definition) is 1. The Balaban J connectivity index is 0.00000108. The van der Waals surface area contributed by atoms with Gasteiger partial charge in [-0.15, -0.1) is 0 Å². The standard InChI is InChI=1S/C13H23N2O.BrH/c16-15-12-7-3-1-4-8-13(15)9-5-2-6-10-14(13)11-12;/h12H,1-11H2;1H/q+1;. The lowest BCUT2D eigenvalue weighted by Gasteiger charge is -2.25. The van der Waals surface area contributed by atoms with Crippen LogP contribution in [0.3, 0.4) is 0 Å². The highest BCUT2D eigenvalue weighted by Crippen LogP contribution is 2.31. The minimum Gasteiger partial charge on any atom is -1.00 e. The number of rotatable bonds is 0. The molecule has 0 saturated carbocycles. The topological polar surface area (TPSA) is 24.5 Å². The van der Waals surface area contributed by atoms with Crippen molar-refractivity contribution in [2.45, 2.75) is 69.5 Å². The van der Waals surface area contributed by atoms with E-state index in [1.807, 2.05) is 0 Å². The van der Waals surface area contributed by atoms with Gasteiger partial charge in [0, 0.05) is 11.3 Å². The number of nitrogens with one attached hydrogen (secondary N) is 1. The largest absolute Gasteiger partial charge is 1.00 e. The van der Waals surface area contributed by atoms with E-state index in [9.17, 15) is 4.91 Å². The molecule has 17 heavy (non-hydrogen) atoms. The summed E-state index contributed by atoms with van der Waals surface area (Å²) in [4.78, 5) is 14.2. The molecular weight excluding hydrogens is 280 g/mol. The van der Waals surface area contributed by atoms with Crippen LogP contribution < -0.4 is 21.9 Å². The third-order valence-corrected chi connectivity index (χ3v) is 5.09. The van der Waals surface area contributed by atoms with Gasteiger partial charge in [0.15, 0.2) is 0 Å². The van der Waals surface area contributed by atoms with E-state index in [0.717, 1.165) is 25.8 Å². The van der Waals surface area contributed by atoms with Crippen molar-refractivity contribution in [3.63, 3.8) is 0 Å². The first kappa shape index (κ1) is 13.5. The van der Waals surface area contributed by atoms with Crippen LogP contribution in [0.1, 0.15) is 57.8 Å². The highest BCUT2D eigenvalue weighted by Gasteiger charge is 2.64. The molecule has 3 nitrogen and oxygen atoms in total. The fourth-order valence-corrected chi connectivity index (χ4v) is 4.22. The zero-order valence-electron chi connectivity index (χ0n) is 10.6. The monoisotopic (exact) mass is 303 g/mol. The van der Waals surface area contributed by atoms with E-state index in [0.29, 0.717) is 6.04 Å². The molecule has 3 unspecified atom stereocenters. The van der Waals surface area contributed by atoms with Gasteiger partial charge in [-0.25, -0.2) is 0 Å². The first-order valence-electron chi connectivity index (χ1n) is 7.15. The normalized spacial score (nSPS) is 41.8. The maximum Gasteiger partial charge on any atom is 0.334 e. The molecule has 3 aliphatic heterocycles. The average molecular weight is 304 g/mol. The lowest BCUT2D eigenvalue weighted by atomic mass is 9.93. The van der Waals surface area contributed by atoms with E-state index < -0.39 is 0 Å². The third kappa shape index (κ3) is 2.19. The first-order valence-corrected chi connectivity index (χ1v) is 7.15. The van der Waals surface area contributed by atoms with Crippen LogP contribution in [-0.2, 0) is 0 Å². The number of nitroso groups, excluding NO2 is 1. The first-order chi connectivity index (χ1) is 7.83. The van der Waals surface area contributed by atoms with Crippen molar-refractivity contribution >= 4 is 0 Å². The van der Waals surface area contributed by atoms with Crippen LogP contribution in [0.2, 0.25) is 0 Å². The maximum absolute atomic E-state index is 12.6. The molecule has 3 aliphatic rings. The van der Waals surface area contributed by atoms with Crippen LogP contribution in [-0.4, -0.2) is 29.6 Å². The summed E-state index contributed by atoms with van der Waals surface area (Å²) in [6, 6.07) is 0.341. The molecule has 3 rings (SSSR count). The molecule has 3 saturated heterocycles. The molecule has 3 atom stereocenters. The molecule has 0 aromatic heterocycles. The number of fused-ring (bicyclic) bond motifs is 1. The molecule has 0 radical (unpaired) electrons. The average Bonchev–Trinajstić information content (AvgIpc) is 2.44. The summed E-state index contributed by atoms with van der Waals surface area (Å²) in [6.45, 7) is 2.37. The molecule has 0 aliphatic carbocycles. The Morgan fingerprint density at radius 3 is 2.47 bits per heavy atom. The molecule has 2 bridgehead atoms. The van der Waals surface area contributed by atoms with Crippen molar-refractivity contribution in [3.05, 3.63) is 4.91 Å². The van der Waals surface area contributed by atoms with Crippen LogP contribution in [0, 0.1) is 4.91 Å². The van der Waals surface area contributed by atoms with Crippen LogP contribution in [0.15, 0.2) is 0 Å². The molecule has 0 amide bonds. The number of hydrogen-bond donors (Lipinski definition) is 1. The predicted molar refractivity (Wildman–Crippen MR) is 62.4 cm³/mol. The van der Waals surface area contributed by atoms with Gasteiger partial charge in [0.05, 0.1) is 24.1 Å². The SMILES string of the molecule is O=[N+]1C2CCCCCC13CCCCC[NH+]3C2.[Br-]. The van der Waals surface area contributed by atoms with Crippen molar-refractivity contribution in [3.8, 4) is 0 Å². The molecule has 4 heteroatoms. The zero-order chi connectivity index (χ0) is 11.0. The molecule has 1 N–H and O–H groups in total. The molecule has 3 heterocycles. The van der Waals surface area contributed by atoms with Gasteiger partial charge >= 0.3 is 5.66 Å². The van der Waals surface area contributed by atoms with Gasteiger partial charge in [0.2, 0.25) is 0 Å². The van der Waals surface area contributed by atoms with E-state index in [4.69, 9.17) is 0 Å². The van der Waals surface area contributed by atoms with Crippen molar-refractivity contribution in [2.24, 2.45) is 0 Å². The summed E-state index contributed by atoms with van der Waals surface area (Å²) in [5.74, 6) is 0. The fraction of sp³-hybridized carbons (Fsp3) is 1.00. The number of nitrogens with zero attached hydrogens (tertiary/aromatic N) is 1. The van der Waals surface area contributed by atoms with Gasteiger partial charge in [0.25, 0.3) is 6.04 Å². The van der Waals surface area contributed by atoms with Crippen LogP contribution in [0.25, 0.3) is 0 Å². The van der Waals surface area contributed by atoms with E-state index in [1.54, 1.807) is 9.66 Å². The lowest BCUT2D eigenvalue weighted by Crippen LogP contribution is -3.18. The second kappa shape index (κ2) is 5.35. The van der Waals surface area contributed by atoms with Gasteiger partial charge in [-0.1, -0.05) is 6.42 Å². The lowest BCUT2D eigenvalue weighted by molar-refractivity contribution is -1.01. The summed E-state index contributed by atoms with van der Waals surface area (Å²) in [6.07, 6.45) is 11.3. The van der Waals surface area contributed by atoms with Crippen molar-refractivity contribution in [1.82, 2.24) is 0 Å². The van der Waals surface area contributed by atoms with Gasteiger partial charge in [-0.3, -0.25) is 4.90 Å². The second-order valence-electron chi connectivity index (χ2n) is 5.98. The van der Waals surface area contributed by atoms with Crippen molar-refractivity contribution in [1.29, 1.82) is 0 Å². The Bertz CT molecular complexity index is 297. The molecule has 0 aromatic rings. The van der Waals surface area contributed by atoms with Gasteiger partial charge < -0.3 is 17.0 Å². The maximum atomic E-state index is 12.6. The Kier molecular flexibility index (Phi) is 4.24. The molecule has 3 fully saturated rings. The smallest absolute Gasteiger partial charge is 0.334 e. The number of halogens is 1. The summed E-state index contributed by atoms with van der Waals surface area (Å²) >= 11 is 0. The molecule has 0 aromatic carbocycles. The zero-order valence-corrected chi connectivity index (χ0v) is 12.2.